The maximum Gasteiger partial charge on any atom is 0.268 e. The van der Waals surface area contributed by atoms with Crippen molar-refractivity contribution in [2.75, 3.05) is 18.0 Å². The first-order valence-corrected chi connectivity index (χ1v) is 10.4. The normalized spacial score (nSPS) is 14.6. The average molecular weight is 393 g/mol. The van der Waals surface area contributed by atoms with Crippen molar-refractivity contribution in [1.82, 2.24) is 14.3 Å². The highest BCUT2D eigenvalue weighted by molar-refractivity contribution is 7.91. The van der Waals surface area contributed by atoms with E-state index in [4.69, 9.17) is 0 Å². The van der Waals surface area contributed by atoms with E-state index < -0.39 is 20.7 Å². The van der Waals surface area contributed by atoms with Gasteiger partial charge in [-0.05, 0) is 52.7 Å². The molecule has 1 fully saturated rings. The summed E-state index contributed by atoms with van der Waals surface area (Å²) in [5.74, 6) is -0.654. The van der Waals surface area contributed by atoms with Crippen LogP contribution in [0.5, 0.6) is 0 Å². The Morgan fingerprint density at radius 2 is 1.89 bits per heavy atom. The number of pyridine rings is 1. The predicted molar refractivity (Wildman–Crippen MR) is 109 cm³/mol. The molecule has 3 heterocycles. The number of amides is 1. The molecule has 8 heteroatoms. The van der Waals surface area contributed by atoms with Crippen LogP contribution in [0.15, 0.2) is 37.2 Å². The first kappa shape index (κ1) is 21.0. The molecule has 148 valence electrons. The minimum absolute atomic E-state index is 0.254. The molecule has 1 aliphatic heterocycles. The van der Waals surface area contributed by atoms with Crippen molar-refractivity contribution in [2.24, 2.45) is 0 Å². The second-order valence-electron chi connectivity index (χ2n) is 7.42. The largest absolute Gasteiger partial charge is 0.371 e. The number of sulfonamides is 1. The Kier molecular flexibility index (Phi) is 6.30. The van der Waals surface area contributed by atoms with Gasteiger partial charge in [-0.1, -0.05) is 6.08 Å². The van der Waals surface area contributed by atoms with E-state index >= 15 is 0 Å². The molecule has 0 unspecified atom stereocenters. The second-order valence-corrected chi connectivity index (χ2v) is 9.86. The number of fused-ring (bicyclic) bond motifs is 1. The molecule has 0 bridgehead atoms. The molecule has 1 saturated heterocycles. The summed E-state index contributed by atoms with van der Waals surface area (Å²) in [4.78, 5) is 14.7. The van der Waals surface area contributed by atoms with Gasteiger partial charge in [-0.3, -0.25) is 4.79 Å². The fraction of sp³-hybridized carbons (Fsp3) is 0.474. The third-order valence-corrected chi connectivity index (χ3v) is 6.32. The van der Waals surface area contributed by atoms with Crippen LogP contribution in [0.4, 0.5) is 5.69 Å². The summed E-state index contributed by atoms with van der Waals surface area (Å²) in [6, 6.07) is 3.84. The van der Waals surface area contributed by atoms with E-state index in [1.807, 2.05) is 19.1 Å². The van der Waals surface area contributed by atoms with Crippen molar-refractivity contribution >= 4 is 27.1 Å². The van der Waals surface area contributed by atoms with Crippen molar-refractivity contribution in [3.8, 4) is 0 Å². The van der Waals surface area contributed by atoms with Crippen molar-refractivity contribution in [2.45, 2.75) is 45.3 Å². The number of aromatic nitrogens is 2. The van der Waals surface area contributed by atoms with Crippen LogP contribution in [-0.4, -0.2) is 41.8 Å². The molecule has 7 nitrogen and oxygen atoms in total. The number of carbonyl (C=O) groups excluding carboxylic acids is 1. The Hall–Kier alpha value is -2.35. The van der Waals surface area contributed by atoms with E-state index in [0.29, 0.717) is 5.52 Å². The SMILES string of the molecule is C=CC.CC(C)(C)S(=O)(=O)NC(=O)c1cnn2ccc(N3CCCC3)cc12. The van der Waals surface area contributed by atoms with Crippen LogP contribution in [-0.2, 0) is 10.0 Å². The molecule has 0 spiro atoms. The molecule has 1 N–H and O–H groups in total. The van der Waals surface area contributed by atoms with E-state index in [1.54, 1.807) is 37.6 Å². The van der Waals surface area contributed by atoms with E-state index in [1.165, 1.54) is 6.20 Å². The number of allylic oxidation sites excluding steroid dienone is 1. The lowest BCUT2D eigenvalue weighted by atomic mass is 10.2. The quantitative estimate of drug-likeness (QED) is 0.812. The number of nitrogens with one attached hydrogen (secondary N) is 1. The topological polar surface area (TPSA) is 83.8 Å². The summed E-state index contributed by atoms with van der Waals surface area (Å²) in [6.07, 6.45) is 7.25. The van der Waals surface area contributed by atoms with Crippen LogP contribution in [0.2, 0.25) is 0 Å². The molecule has 2 aromatic heterocycles. The van der Waals surface area contributed by atoms with Crippen molar-refractivity contribution in [1.29, 1.82) is 0 Å². The highest BCUT2D eigenvalue weighted by Gasteiger charge is 2.31. The molecule has 0 atom stereocenters. The Bertz CT molecular complexity index is 920. The molecular formula is C19H28N4O3S. The molecule has 1 aliphatic rings. The van der Waals surface area contributed by atoms with E-state index in [-0.39, 0.29) is 5.56 Å². The van der Waals surface area contributed by atoms with Gasteiger partial charge < -0.3 is 4.90 Å². The number of carbonyl (C=O) groups is 1. The molecular weight excluding hydrogens is 364 g/mol. The summed E-state index contributed by atoms with van der Waals surface area (Å²) < 4.78 is 27.1. The Labute approximate surface area is 161 Å². The van der Waals surface area contributed by atoms with Gasteiger partial charge in [0.1, 0.15) is 0 Å². The van der Waals surface area contributed by atoms with Gasteiger partial charge in [-0.2, -0.15) is 5.10 Å². The van der Waals surface area contributed by atoms with Crippen LogP contribution in [0.25, 0.3) is 5.52 Å². The second kappa shape index (κ2) is 8.12. The molecule has 27 heavy (non-hydrogen) atoms. The molecule has 1 amide bonds. The number of rotatable bonds is 3. The summed E-state index contributed by atoms with van der Waals surface area (Å²) in [5, 5.41) is 4.14. The summed E-state index contributed by atoms with van der Waals surface area (Å²) in [5.41, 5.74) is 1.87. The van der Waals surface area contributed by atoms with Gasteiger partial charge >= 0.3 is 0 Å². The van der Waals surface area contributed by atoms with E-state index in [9.17, 15) is 13.2 Å². The van der Waals surface area contributed by atoms with Crippen LogP contribution < -0.4 is 9.62 Å². The van der Waals surface area contributed by atoms with Gasteiger partial charge in [0, 0.05) is 25.0 Å². The fourth-order valence-corrected chi connectivity index (χ4v) is 3.31. The maximum atomic E-state index is 12.5. The molecule has 2 aromatic rings. The molecule has 3 rings (SSSR count). The van der Waals surface area contributed by atoms with E-state index in [2.05, 4.69) is 21.3 Å². The number of hydrogen-bond acceptors (Lipinski definition) is 5. The Balaban J connectivity index is 0.000000817. The molecule has 0 aliphatic carbocycles. The van der Waals surface area contributed by atoms with Crippen LogP contribution >= 0.6 is 0 Å². The standard InChI is InChI=1S/C16H22N4O3S.C3H6/c1-16(2,3)24(22,23)18-15(21)13-11-17-20-9-6-12(10-14(13)20)19-7-4-5-8-19;1-3-2/h6,9-11H,4-5,7-8H2,1-3H3,(H,18,21);3H,1H2,2H3. The van der Waals surface area contributed by atoms with Crippen molar-refractivity contribution < 1.29 is 13.2 Å². The molecule has 0 radical (unpaired) electrons. The number of hydrogen-bond donors (Lipinski definition) is 1. The average Bonchev–Trinajstić information content (AvgIpc) is 3.23. The van der Waals surface area contributed by atoms with Crippen LogP contribution in [0.3, 0.4) is 0 Å². The minimum atomic E-state index is -3.76. The van der Waals surface area contributed by atoms with Crippen LogP contribution in [0.1, 0.15) is 50.9 Å². The predicted octanol–water partition coefficient (Wildman–Crippen LogP) is 2.98. The van der Waals surface area contributed by atoms with Gasteiger partial charge in [0.2, 0.25) is 10.0 Å². The van der Waals surface area contributed by atoms with Gasteiger partial charge in [-0.25, -0.2) is 17.7 Å². The first-order chi connectivity index (χ1) is 12.6. The number of nitrogens with zero attached hydrogens (tertiary/aromatic N) is 3. The van der Waals surface area contributed by atoms with Crippen LogP contribution in [0, 0.1) is 0 Å². The van der Waals surface area contributed by atoms with E-state index in [0.717, 1.165) is 31.6 Å². The zero-order valence-electron chi connectivity index (χ0n) is 16.4. The third-order valence-electron chi connectivity index (χ3n) is 4.25. The lowest BCUT2D eigenvalue weighted by Crippen LogP contribution is -2.42. The minimum Gasteiger partial charge on any atom is -0.371 e. The lowest BCUT2D eigenvalue weighted by Gasteiger charge is -2.19. The number of anilines is 1. The van der Waals surface area contributed by atoms with Crippen molar-refractivity contribution in [3.63, 3.8) is 0 Å². The fourth-order valence-electron chi connectivity index (χ4n) is 2.65. The van der Waals surface area contributed by atoms with Gasteiger partial charge in [-0.15, -0.1) is 6.58 Å². The summed E-state index contributed by atoms with van der Waals surface area (Å²) in [6.45, 7) is 11.9. The highest BCUT2D eigenvalue weighted by Crippen LogP contribution is 2.23. The third kappa shape index (κ3) is 4.68. The monoisotopic (exact) mass is 392 g/mol. The molecule has 0 saturated carbocycles. The van der Waals surface area contributed by atoms with Gasteiger partial charge in [0.05, 0.1) is 22.0 Å². The maximum absolute atomic E-state index is 12.5. The zero-order valence-corrected chi connectivity index (χ0v) is 17.2. The molecule has 0 aromatic carbocycles. The lowest BCUT2D eigenvalue weighted by molar-refractivity contribution is 0.0982. The smallest absolute Gasteiger partial charge is 0.268 e. The summed E-state index contributed by atoms with van der Waals surface area (Å²) in [7, 11) is -3.76. The van der Waals surface area contributed by atoms with Crippen molar-refractivity contribution in [3.05, 3.63) is 42.7 Å². The van der Waals surface area contributed by atoms with Gasteiger partial charge in [0.15, 0.2) is 0 Å². The first-order valence-electron chi connectivity index (χ1n) is 8.97. The zero-order chi connectivity index (χ0) is 20.2. The van der Waals surface area contributed by atoms with Gasteiger partial charge in [0.25, 0.3) is 5.91 Å². The summed E-state index contributed by atoms with van der Waals surface area (Å²) >= 11 is 0. The Morgan fingerprint density at radius 1 is 1.30 bits per heavy atom. The Morgan fingerprint density at radius 3 is 2.44 bits per heavy atom. The highest BCUT2D eigenvalue weighted by atomic mass is 32.2.